The molecule has 0 saturated heterocycles. The molecular formula is C27H33B2Cl2N6+. The summed E-state index contributed by atoms with van der Waals surface area (Å²) in [5.41, 5.74) is 2.52. The molecule has 10 heteroatoms. The number of hydrogen-bond acceptors (Lipinski definition) is 0. The Bertz CT molecular complexity index is 1290. The number of aromatic amines is 2. The van der Waals surface area contributed by atoms with Gasteiger partial charge in [-0.05, 0) is 12.8 Å². The number of benzene rings is 2. The Morgan fingerprint density at radius 1 is 0.730 bits per heavy atom. The molecule has 6 nitrogen and oxygen atoms in total. The van der Waals surface area contributed by atoms with Crippen LogP contribution in [0.3, 0.4) is 0 Å². The van der Waals surface area contributed by atoms with Crippen molar-refractivity contribution in [1.29, 1.82) is 0 Å². The molecule has 5 aromatic rings. The minimum atomic E-state index is -1.75. The van der Waals surface area contributed by atoms with Crippen LogP contribution in [0.5, 0.6) is 0 Å². The smallest absolute Gasteiger partial charge is 0.383 e. The molecule has 5 rings (SSSR count). The number of hydrogen-bond donors (Lipinski definition) is 2. The molecule has 0 aliphatic heterocycles. The minimum Gasteiger partial charge on any atom is -0.383 e. The Labute approximate surface area is 228 Å². The van der Waals surface area contributed by atoms with Gasteiger partial charge in [-0.2, -0.15) is 0 Å². The van der Waals surface area contributed by atoms with Crippen LogP contribution in [0.1, 0.15) is 25.0 Å². The number of nitrogens with zero attached hydrogens (tertiary/aromatic N) is 4. The van der Waals surface area contributed by atoms with Crippen LogP contribution in [0, 0.1) is 0 Å². The third-order valence-corrected chi connectivity index (χ3v) is 9.49. The second kappa shape index (κ2) is 10.6. The van der Waals surface area contributed by atoms with Crippen LogP contribution in [-0.4, -0.2) is 26.1 Å². The largest absolute Gasteiger partial charge is 0.470 e. The van der Waals surface area contributed by atoms with Gasteiger partial charge in [0.05, 0.1) is 24.8 Å². The summed E-state index contributed by atoms with van der Waals surface area (Å²) >= 11 is 15.3. The molecular weight excluding hydrogens is 501 g/mol. The normalized spacial score (nSPS) is 16.5. The van der Waals surface area contributed by atoms with Crippen molar-refractivity contribution in [2.75, 3.05) is 0 Å². The van der Waals surface area contributed by atoms with Crippen LogP contribution in [0.15, 0.2) is 117 Å². The first kappa shape index (κ1) is 25.4. The second-order valence-corrected chi connectivity index (χ2v) is 11.5. The van der Waals surface area contributed by atoms with Crippen LogP contribution in [-0.2, 0) is 12.8 Å². The van der Waals surface area contributed by atoms with Crippen molar-refractivity contribution >= 4 is 34.6 Å². The lowest BCUT2D eigenvalue weighted by Crippen LogP contribution is -2.80. The molecule has 2 aromatic carbocycles. The molecule has 3 heterocycles. The van der Waals surface area contributed by atoms with Gasteiger partial charge in [-0.1, -0.05) is 97.3 Å². The Morgan fingerprint density at radius 2 is 1.27 bits per heavy atom. The number of halogens is 2. The van der Waals surface area contributed by atoms with E-state index in [0.29, 0.717) is 0 Å². The number of rotatable bonds is 10. The molecule has 190 valence electrons. The summed E-state index contributed by atoms with van der Waals surface area (Å²) < 4.78 is 8.42. The summed E-state index contributed by atoms with van der Waals surface area (Å²) in [6.07, 6.45) is 19.5. The first-order valence-electron chi connectivity index (χ1n) is 12.9. The van der Waals surface area contributed by atoms with Gasteiger partial charge in [-0.25, -0.2) is 0 Å². The van der Waals surface area contributed by atoms with Crippen molar-refractivity contribution in [1.82, 2.24) is 14.4 Å². The van der Waals surface area contributed by atoms with E-state index in [9.17, 15) is 0 Å². The van der Waals surface area contributed by atoms with Gasteiger partial charge in [0, 0.05) is 0 Å². The zero-order valence-electron chi connectivity index (χ0n) is 21.2. The van der Waals surface area contributed by atoms with Gasteiger partial charge in [0.25, 0.3) is 0 Å². The van der Waals surface area contributed by atoms with Gasteiger partial charge < -0.3 is 17.9 Å². The lowest BCUT2D eigenvalue weighted by Gasteiger charge is -2.35. The molecule has 2 unspecified atom stereocenters. The second-order valence-electron chi connectivity index (χ2n) is 10.2. The van der Waals surface area contributed by atoms with Gasteiger partial charge in [0.15, 0.2) is 19.0 Å². The number of H-pyrrole nitrogens is 2. The molecule has 0 saturated carbocycles. The van der Waals surface area contributed by atoms with E-state index in [-0.39, 0.29) is 11.6 Å². The average molecular weight is 534 g/mol. The lowest BCUT2D eigenvalue weighted by molar-refractivity contribution is -0.682. The van der Waals surface area contributed by atoms with E-state index in [1.807, 2.05) is 49.6 Å². The molecule has 0 fully saturated rings. The molecule has 0 aliphatic carbocycles. The van der Waals surface area contributed by atoms with Crippen molar-refractivity contribution in [2.45, 2.75) is 38.3 Å². The quantitative estimate of drug-likeness (QED) is 0.250. The van der Waals surface area contributed by atoms with E-state index in [2.05, 4.69) is 109 Å². The van der Waals surface area contributed by atoms with Crippen molar-refractivity contribution in [3.8, 4) is 0 Å². The maximum atomic E-state index is 7.64. The molecule has 37 heavy (non-hydrogen) atoms. The van der Waals surface area contributed by atoms with E-state index in [0.717, 1.165) is 12.8 Å². The number of nitrogens with one attached hydrogen (secondary N) is 2. The van der Waals surface area contributed by atoms with Crippen molar-refractivity contribution < 1.29 is 13.4 Å². The van der Waals surface area contributed by atoms with E-state index < -0.39 is 11.7 Å². The van der Waals surface area contributed by atoms with Crippen LogP contribution in [0.4, 0.5) is 0 Å². The van der Waals surface area contributed by atoms with Gasteiger partial charge in [0.1, 0.15) is 12.4 Å². The highest BCUT2D eigenvalue weighted by atomic mass is 35.5. The van der Waals surface area contributed by atoms with Crippen molar-refractivity contribution in [3.63, 3.8) is 0 Å². The third-order valence-electron chi connectivity index (χ3n) is 7.73. The summed E-state index contributed by atoms with van der Waals surface area (Å²) in [6, 6.07) is 21.0. The molecule has 4 atom stereocenters. The highest BCUT2D eigenvalue weighted by molar-refractivity contribution is 7.15. The number of imidazole rings is 3. The molecule has 0 amide bonds. The van der Waals surface area contributed by atoms with Crippen molar-refractivity contribution in [2.24, 2.45) is 0 Å². The maximum absolute atomic E-state index is 7.64. The van der Waals surface area contributed by atoms with Crippen LogP contribution < -0.4 is 13.4 Å². The monoisotopic (exact) mass is 533 g/mol. The summed E-state index contributed by atoms with van der Waals surface area (Å²) in [5, 5.41) is 0. The Hall–Kier alpha value is -3.22. The Balaban J connectivity index is 1.54. The molecule has 0 spiro atoms. The first-order chi connectivity index (χ1) is 17.9. The van der Waals surface area contributed by atoms with Crippen molar-refractivity contribution in [3.05, 3.63) is 128 Å². The van der Waals surface area contributed by atoms with Crippen LogP contribution >= 0.6 is 22.9 Å². The summed E-state index contributed by atoms with van der Waals surface area (Å²) in [7, 11) is 0. The third kappa shape index (κ3) is 4.88. The van der Waals surface area contributed by atoms with Gasteiger partial charge in [-0.3, -0.25) is 32.9 Å². The Morgan fingerprint density at radius 3 is 1.81 bits per heavy atom. The molecule has 0 radical (unpaired) electrons. The molecule has 0 aliphatic rings. The van der Waals surface area contributed by atoms with Gasteiger partial charge in [0.2, 0.25) is 0 Å². The molecule has 0 bridgehead atoms. The lowest BCUT2D eigenvalue weighted by atomic mass is 9.57. The van der Waals surface area contributed by atoms with E-state index in [1.165, 1.54) is 11.1 Å². The zero-order chi connectivity index (χ0) is 25.9. The minimum absolute atomic E-state index is 0.115. The standard InChI is InChI=1S/C27H33B2Cl2N6/c1-24(19-26-9-5-3-6-10-26)28(30,34-15-13-32-21-34)36-17-18-37(23-36)29(31,35-16-14-33-22-35)25(2)20-27-11-7-4-8-12-27/h3-18,21-25,32-33H,19-20H2,1-2H3/q+1/t24-,25+,28?,29?. The van der Waals surface area contributed by atoms with Crippen LogP contribution in [0.25, 0.3) is 0 Å². The Kier molecular flexibility index (Phi) is 7.31. The summed E-state index contributed by atoms with van der Waals surface area (Å²) in [5.74, 6) is -3.27. The highest BCUT2D eigenvalue weighted by Gasteiger charge is 2.48. The maximum Gasteiger partial charge on any atom is 0.470 e. The predicted molar refractivity (Wildman–Crippen MR) is 151 cm³/mol. The average Bonchev–Trinajstić information content (AvgIpc) is 3.72. The van der Waals surface area contributed by atoms with E-state index in [4.69, 9.17) is 22.9 Å². The summed E-state index contributed by atoms with van der Waals surface area (Å²) in [6.45, 7) is 4.42. The summed E-state index contributed by atoms with van der Waals surface area (Å²) in [4.78, 5) is 6.34. The van der Waals surface area contributed by atoms with Crippen LogP contribution in [0.2, 0.25) is 11.6 Å². The fourth-order valence-corrected chi connectivity index (χ4v) is 6.27. The highest BCUT2D eigenvalue weighted by Crippen LogP contribution is 2.29. The number of aromatic nitrogens is 6. The topological polar surface area (TPSA) is 48.1 Å². The van der Waals surface area contributed by atoms with Gasteiger partial charge in [-0.15, -0.1) is 0 Å². The van der Waals surface area contributed by atoms with Gasteiger partial charge >= 0.3 is 11.7 Å². The predicted octanol–water partition coefficient (Wildman–Crippen LogP) is 4.42. The molecule has 2 N–H and O–H groups in total. The first-order valence-corrected chi connectivity index (χ1v) is 13.7. The van der Waals surface area contributed by atoms with E-state index >= 15 is 0 Å². The fourth-order valence-electron chi connectivity index (χ4n) is 5.62. The van der Waals surface area contributed by atoms with E-state index in [1.54, 1.807) is 0 Å². The zero-order valence-corrected chi connectivity index (χ0v) is 22.7. The fraction of sp³-hybridized carbons (Fsp3) is 0.222. The molecule has 3 aromatic heterocycles. The SMILES string of the molecule is C[C@H](Cc1ccccc1)[B-](Cl)([n+]1cc[nH]c1)[n+]1ccn([B-](Cl)([C@@H](C)Cc2ccccc2)[n+]2cc[nH]c2)c1.